The molecule has 1 saturated heterocycles. The van der Waals surface area contributed by atoms with Gasteiger partial charge < -0.3 is 16.2 Å². The first-order valence-electron chi connectivity index (χ1n) is 9.97. The number of quaternary nitrogens is 1. The van der Waals surface area contributed by atoms with E-state index in [0.717, 1.165) is 23.3 Å². The number of carbonyl (C=O) groups is 3. The van der Waals surface area contributed by atoms with Crippen molar-refractivity contribution >= 4 is 34.4 Å². The lowest BCUT2D eigenvalue weighted by molar-refractivity contribution is -0.849. The van der Waals surface area contributed by atoms with Crippen LogP contribution in [0.1, 0.15) is 36.5 Å². The van der Waals surface area contributed by atoms with Crippen LogP contribution in [0.3, 0.4) is 0 Å². The molecular weight excluding hydrogens is 404 g/mol. The number of anilines is 1. The average molecular weight is 432 g/mol. The zero-order chi connectivity index (χ0) is 21.7. The molecule has 1 aromatic heterocycles. The smallest absolute Gasteiger partial charge is 0.414 e. The molecule has 0 saturated carbocycles. The van der Waals surface area contributed by atoms with Crippen LogP contribution in [-0.2, 0) is 4.74 Å². The van der Waals surface area contributed by atoms with Crippen LogP contribution in [0.5, 0.6) is 0 Å². The second-order valence-corrected chi connectivity index (χ2v) is 8.49. The van der Waals surface area contributed by atoms with Crippen molar-refractivity contribution in [2.24, 2.45) is 11.5 Å². The van der Waals surface area contributed by atoms with Crippen LogP contribution in [0.25, 0.3) is 10.4 Å². The van der Waals surface area contributed by atoms with Gasteiger partial charge in [0.2, 0.25) is 0 Å². The predicted molar refractivity (Wildman–Crippen MR) is 116 cm³/mol. The van der Waals surface area contributed by atoms with Gasteiger partial charge in [-0.15, -0.1) is 11.3 Å². The first-order chi connectivity index (χ1) is 14.3. The highest BCUT2D eigenvalue weighted by Gasteiger charge is 2.39. The van der Waals surface area contributed by atoms with E-state index in [1.54, 1.807) is 6.07 Å². The second-order valence-electron chi connectivity index (χ2n) is 7.44. The summed E-state index contributed by atoms with van der Waals surface area (Å²) in [4.78, 5) is 37.3. The van der Waals surface area contributed by atoms with E-state index < -0.39 is 24.1 Å². The van der Waals surface area contributed by atoms with E-state index in [1.807, 2.05) is 37.3 Å². The Bertz CT molecular complexity index is 930. The van der Waals surface area contributed by atoms with E-state index in [2.05, 4.69) is 5.32 Å². The first kappa shape index (κ1) is 21.8. The van der Waals surface area contributed by atoms with E-state index in [-0.39, 0.29) is 10.0 Å². The van der Waals surface area contributed by atoms with Crippen molar-refractivity contribution in [2.45, 2.75) is 32.3 Å². The fourth-order valence-electron chi connectivity index (χ4n) is 3.81. The van der Waals surface area contributed by atoms with Gasteiger partial charge in [-0.3, -0.25) is 5.32 Å². The molecule has 1 fully saturated rings. The number of nitrogens with two attached hydrogens (primary N) is 2. The number of amides is 4. The molecule has 9 heteroatoms. The summed E-state index contributed by atoms with van der Waals surface area (Å²) in [6.07, 6.45) is 1.91. The second kappa shape index (κ2) is 9.27. The molecular formula is C21H27N4O4S+. The van der Waals surface area contributed by atoms with Gasteiger partial charge >= 0.3 is 18.0 Å². The van der Waals surface area contributed by atoms with Crippen molar-refractivity contribution in [2.75, 3.05) is 25.0 Å². The summed E-state index contributed by atoms with van der Waals surface area (Å²) in [7, 11) is 0. The number of likely N-dealkylation sites (tertiary alicyclic amines) is 1. The maximum atomic E-state index is 13.0. The molecule has 0 spiro atoms. The van der Waals surface area contributed by atoms with Crippen molar-refractivity contribution in [1.82, 2.24) is 0 Å². The Hall–Kier alpha value is -2.91. The topological polar surface area (TPSA) is 125 Å². The number of thiophene rings is 1. The third-order valence-corrected chi connectivity index (χ3v) is 6.61. The lowest BCUT2D eigenvalue weighted by atomic mass is 10.1. The van der Waals surface area contributed by atoms with Crippen LogP contribution in [0.2, 0.25) is 0 Å². The maximum Gasteiger partial charge on any atom is 0.414 e. The average Bonchev–Trinajstić information content (AvgIpc) is 3.01. The van der Waals surface area contributed by atoms with Gasteiger partial charge in [0.25, 0.3) is 0 Å². The molecule has 0 radical (unpaired) electrons. The quantitative estimate of drug-likeness (QED) is 0.495. The number of hydrogen-bond donors (Lipinski definition) is 3. The highest BCUT2D eigenvalue weighted by molar-refractivity contribution is 7.20. The van der Waals surface area contributed by atoms with E-state index >= 15 is 0 Å². The molecule has 2 atom stereocenters. The molecule has 0 aliphatic carbocycles. The number of ether oxygens (including phenoxy) is 1. The lowest BCUT2D eigenvalue weighted by Gasteiger charge is -2.33. The highest BCUT2D eigenvalue weighted by Crippen LogP contribution is 2.36. The molecule has 1 aliphatic heterocycles. The monoisotopic (exact) mass is 431 g/mol. The summed E-state index contributed by atoms with van der Waals surface area (Å²) < 4.78 is 5.89. The molecule has 5 N–H and O–H groups in total. The van der Waals surface area contributed by atoms with E-state index in [9.17, 15) is 14.4 Å². The lowest BCUT2D eigenvalue weighted by Crippen LogP contribution is -2.58. The van der Waals surface area contributed by atoms with Crippen molar-refractivity contribution in [3.8, 4) is 10.4 Å². The van der Waals surface area contributed by atoms with Gasteiger partial charge in [0.1, 0.15) is 11.5 Å². The summed E-state index contributed by atoms with van der Waals surface area (Å²) in [6, 6.07) is 10.1. The number of likely N-dealkylation sites (N-methyl/N-ethyl adjacent to an activating group) is 1. The number of benzene rings is 1. The molecule has 4 amide bonds. The van der Waals surface area contributed by atoms with Gasteiger partial charge in [0, 0.05) is 4.88 Å². The number of nitrogens with zero attached hydrogens (tertiary/aromatic N) is 1. The molecule has 2 heterocycles. The van der Waals surface area contributed by atoms with Crippen LogP contribution in [0.4, 0.5) is 14.6 Å². The standard InChI is InChI=1S/C21H26N4O4S/c1-2-25(21(23)28)11-7-6-10-15(13-25)29-19(26)16-12-17(14-8-4-3-5-9-14)30-18(16)24-20(22)27/h3-5,8-9,12,15H,2,6-7,10-11,13H2,1H3,(H4-,22,23,24,26,27,28)/p+1. The van der Waals surface area contributed by atoms with Crippen molar-refractivity contribution in [1.29, 1.82) is 0 Å². The Morgan fingerprint density at radius 2 is 1.93 bits per heavy atom. The summed E-state index contributed by atoms with van der Waals surface area (Å²) in [5, 5.41) is 2.86. The number of esters is 1. The van der Waals surface area contributed by atoms with Crippen molar-refractivity contribution in [3.63, 3.8) is 0 Å². The molecule has 3 rings (SSSR count). The van der Waals surface area contributed by atoms with Crippen LogP contribution in [-0.4, -0.2) is 48.3 Å². The predicted octanol–water partition coefficient (Wildman–Crippen LogP) is 3.53. The Morgan fingerprint density at radius 3 is 2.57 bits per heavy atom. The SMILES string of the molecule is CC[N+]1(C(N)=O)CCCCC(OC(=O)c2cc(-c3ccccc3)sc2NC(N)=O)C1. The Labute approximate surface area is 179 Å². The van der Waals surface area contributed by atoms with Gasteiger partial charge in [-0.1, -0.05) is 30.3 Å². The molecule has 2 unspecified atom stereocenters. The number of nitrogens with one attached hydrogen (secondary N) is 1. The van der Waals surface area contributed by atoms with Crippen molar-refractivity contribution < 1.29 is 23.6 Å². The summed E-state index contributed by atoms with van der Waals surface area (Å²) in [5.41, 5.74) is 12.1. The number of hydrogen-bond acceptors (Lipinski definition) is 5. The minimum atomic E-state index is -0.754. The fourth-order valence-corrected chi connectivity index (χ4v) is 4.86. The fraction of sp³-hybridized carbons (Fsp3) is 0.381. The van der Waals surface area contributed by atoms with Crippen LogP contribution in [0.15, 0.2) is 36.4 Å². The molecule has 1 aromatic carbocycles. The third kappa shape index (κ3) is 4.80. The van der Waals surface area contributed by atoms with Gasteiger partial charge in [0.05, 0.1) is 18.7 Å². The van der Waals surface area contributed by atoms with Crippen LogP contribution >= 0.6 is 11.3 Å². The Morgan fingerprint density at radius 1 is 1.20 bits per heavy atom. The largest absolute Gasteiger partial charge is 0.453 e. The zero-order valence-corrected chi connectivity index (χ0v) is 17.7. The first-order valence-corrected chi connectivity index (χ1v) is 10.8. The van der Waals surface area contributed by atoms with Gasteiger partial charge in [-0.05, 0) is 37.8 Å². The van der Waals surface area contributed by atoms with Gasteiger partial charge in [-0.25, -0.2) is 18.9 Å². The number of primary amides is 2. The molecule has 160 valence electrons. The summed E-state index contributed by atoms with van der Waals surface area (Å²) >= 11 is 1.25. The Kier molecular flexibility index (Phi) is 6.73. The minimum absolute atomic E-state index is 0.100. The molecule has 0 bridgehead atoms. The number of rotatable bonds is 5. The molecule has 2 aromatic rings. The van der Waals surface area contributed by atoms with E-state index in [1.165, 1.54) is 11.3 Å². The van der Waals surface area contributed by atoms with Gasteiger partial charge in [0.15, 0.2) is 6.10 Å². The van der Waals surface area contributed by atoms with Gasteiger partial charge in [-0.2, -0.15) is 0 Å². The summed E-state index contributed by atoms with van der Waals surface area (Å²) in [5.74, 6) is -0.553. The highest BCUT2D eigenvalue weighted by atomic mass is 32.1. The van der Waals surface area contributed by atoms with Crippen LogP contribution < -0.4 is 16.8 Å². The maximum absolute atomic E-state index is 13.0. The minimum Gasteiger partial charge on any atom is -0.453 e. The van der Waals surface area contributed by atoms with Crippen LogP contribution in [0, 0.1) is 0 Å². The number of carbonyl (C=O) groups excluding carboxylic acids is 3. The van der Waals surface area contributed by atoms with E-state index in [0.29, 0.717) is 31.1 Å². The van der Waals surface area contributed by atoms with E-state index in [4.69, 9.17) is 16.2 Å². The molecule has 8 nitrogen and oxygen atoms in total. The Balaban J connectivity index is 1.85. The molecule has 1 aliphatic rings. The normalized spacial score (nSPS) is 21.4. The van der Waals surface area contributed by atoms with Crippen molar-refractivity contribution in [3.05, 3.63) is 42.0 Å². The zero-order valence-electron chi connectivity index (χ0n) is 16.9. The summed E-state index contributed by atoms with van der Waals surface area (Å²) in [6.45, 7) is 3.46. The third-order valence-electron chi connectivity index (χ3n) is 5.51. The number of urea groups is 2. The molecule has 30 heavy (non-hydrogen) atoms.